The summed E-state index contributed by atoms with van der Waals surface area (Å²) < 4.78 is 9.31. The monoisotopic (exact) mass is 227 g/mol. The molecule has 0 radical (unpaired) electrons. The number of hydrogen-bond acceptors (Lipinski definition) is 5. The van der Waals surface area contributed by atoms with Gasteiger partial charge in [0.25, 0.3) is 0 Å². The zero-order chi connectivity index (χ0) is 12.1. The van der Waals surface area contributed by atoms with Crippen LogP contribution in [0.5, 0.6) is 0 Å². The summed E-state index contributed by atoms with van der Waals surface area (Å²) in [6, 6.07) is 0. The van der Waals surface area contributed by atoms with Crippen LogP contribution in [0.25, 0.3) is 0 Å². The average Bonchev–Trinajstić information content (AvgIpc) is 2.59. The van der Waals surface area contributed by atoms with Crippen LogP contribution in [0.2, 0.25) is 0 Å². The minimum Gasteiger partial charge on any atom is -0.499 e. The molecule has 1 aliphatic rings. The van der Waals surface area contributed by atoms with Gasteiger partial charge in [0.05, 0.1) is 26.8 Å². The summed E-state index contributed by atoms with van der Waals surface area (Å²) in [4.78, 5) is 34.6. The number of likely N-dealkylation sites (tertiary alicyclic amines) is 1. The lowest BCUT2D eigenvalue weighted by Crippen LogP contribution is -2.31. The molecule has 1 aliphatic heterocycles. The van der Waals surface area contributed by atoms with Crippen molar-refractivity contribution in [2.45, 2.75) is 12.8 Å². The molecule has 6 nitrogen and oxygen atoms in total. The first-order chi connectivity index (χ1) is 7.58. The number of carbonyl (C=O) groups excluding carboxylic acids is 3. The number of carbonyl (C=O) groups is 3. The lowest BCUT2D eigenvalue weighted by Gasteiger charge is -2.14. The van der Waals surface area contributed by atoms with Gasteiger partial charge in [-0.25, -0.2) is 4.79 Å². The van der Waals surface area contributed by atoms with Gasteiger partial charge in [0.2, 0.25) is 11.8 Å². The van der Waals surface area contributed by atoms with E-state index in [-0.39, 0.29) is 37.0 Å². The molecule has 0 aromatic heterocycles. The molecule has 0 bridgehead atoms. The van der Waals surface area contributed by atoms with E-state index in [1.165, 1.54) is 14.2 Å². The molecular weight excluding hydrogens is 214 g/mol. The van der Waals surface area contributed by atoms with Gasteiger partial charge in [-0.15, -0.1) is 0 Å². The topological polar surface area (TPSA) is 72.9 Å². The van der Waals surface area contributed by atoms with Crippen LogP contribution in [0.1, 0.15) is 12.8 Å². The molecule has 16 heavy (non-hydrogen) atoms. The van der Waals surface area contributed by atoms with Crippen LogP contribution in [0.15, 0.2) is 11.8 Å². The van der Waals surface area contributed by atoms with Gasteiger partial charge in [0, 0.05) is 12.8 Å². The van der Waals surface area contributed by atoms with Crippen LogP contribution in [-0.2, 0) is 23.9 Å². The van der Waals surface area contributed by atoms with Crippen LogP contribution in [0.3, 0.4) is 0 Å². The van der Waals surface area contributed by atoms with E-state index in [2.05, 4.69) is 4.74 Å². The highest BCUT2D eigenvalue weighted by atomic mass is 16.5. The Kier molecular flexibility index (Phi) is 4.04. The minimum absolute atomic E-state index is 0.0245. The summed E-state index contributed by atoms with van der Waals surface area (Å²) in [5.41, 5.74) is 0. The lowest BCUT2D eigenvalue weighted by atomic mass is 10.4. The largest absolute Gasteiger partial charge is 0.499 e. The van der Waals surface area contributed by atoms with Crippen molar-refractivity contribution >= 4 is 17.8 Å². The molecule has 1 fully saturated rings. The van der Waals surface area contributed by atoms with Gasteiger partial charge < -0.3 is 9.47 Å². The van der Waals surface area contributed by atoms with Crippen molar-refractivity contribution in [3.63, 3.8) is 0 Å². The smallest absolute Gasteiger partial charge is 0.333 e. The third kappa shape index (κ3) is 2.82. The van der Waals surface area contributed by atoms with Crippen LogP contribution in [-0.4, -0.2) is 43.4 Å². The van der Waals surface area contributed by atoms with Gasteiger partial charge in [0.1, 0.15) is 5.76 Å². The quantitative estimate of drug-likeness (QED) is 0.289. The molecule has 0 aromatic rings. The molecule has 0 saturated carbocycles. The van der Waals surface area contributed by atoms with Crippen LogP contribution >= 0.6 is 0 Å². The van der Waals surface area contributed by atoms with E-state index in [4.69, 9.17) is 4.74 Å². The first kappa shape index (κ1) is 12.2. The summed E-state index contributed by atoms with van der Waals surface area (Å²) in [6.07, 6.45) is 1.54. The molecule has 1 rings (SSSR count). The highest BCUT2D eigenvalue weighted by Gasteiger charge is 2.29. The fourth-order valence-corrected chi connectivity index (χ4v) is 1.31. The molecular formula is C10H13NO5. The molecule has 1 saturated heterocycles. The molecule has 2 amide bonds. The van der Waals surface area contributed by atoms with Gasteiger partial charge in [-0.3, -0.25) is 14.5 Å². The van der Waals surface area contributed by atoms with Crippen molar-refractivity contribution in [3.05, 3.63) is 11.8 Å². The summed E-state index contributed by atoms with van der Waals surface area (Å²) in [7, 11) is 2.60. The Bertz CT molecular complexity index is 331. The maximum absolute atomic E-state index is 11.3. The maximum atomic E-state index is 11.3. The summed E-state index contributed by atoms with van der Waals surface area (Å²) in [5.74, 6) is -0.873. The molecule has 1 heterocycles. The SMILES string of the molecule is COC(=O)/C=C(\CN1C(=O)CCC1=O)OC. The van der Waals surface area contributed by atoms with Crippen molar-refractivity contribution in [2.75, 3.05) is 20.8 Å². The van der Waals surface area contributed by atoms with Gasteiger partial charge >= 0.3 is 5.97 Å². The molecule has 0 aliphatic carbocycles. The van der Waals surface area contributed by atoms with E-state index in [0.29, 0.717) is 0 Å². The number of hydrogen-bond donors (Lipinski definition) is 0. The molecule has 6 heteroatoms. The number of ether oxygens (including phenoxy) is 2. The van der Waals surface area contributed by atoms with E-state index >= 15 is 0 Å². The third-order valence-corrected chi connectivity index (χ3v) is 2.21. The van der Waals surface area contributed by atoms with Gasteiger partial charge in [-0.05, 0) is 0 Å². The van der Waals surface area contributed by atoms with Crippen LogP contribution in [0.4, 0.5) is 0 Å². The zero-order valence-corrected chi connectivity index (χ0v) is 9.19. The predicted octanol–water partition coefficient (Wildman–Crippen LogP) is -0.161. The summed E-state index contributed by atoms with van der Waals surface area (Å²) >= 11 is 0. The standard InChI is InChI=1S/C10H13NO5/c1-15-7(5-10(14)16-2)6-11-8(12)3-4-9(11)13/h5H,3-4,6H2,1-2H3/b7-5+. The normalized spacial score (nSPS) is 16.6. The van der Waals surface area contributed by atoms with E-state index in [0.717, 1.165) is 11.0 Å². The Morgan fingerprint density at radius 3 is 2.25 bits per heavy atom. The van der Waals surface area contributed by atoms with Crippen LogP contribution in [0, 0.1) is 0 Å². The molecule has 88 valence electrons. The van der Waals surface area contributed by atoms with E-state index in [1.54, 1.807) is 0 Å². The highest BCUT2D eigenvalue weighted by Crippen LogP contribution is 2.13. The second kappa shape index (κ2) is 5.29. The van der Waals surface area contributed by atoms with Crippen molar-refractivity contribution in [1.82, 2.24) is 4.90 Å². The van der Waals surface area contributed by atoms with Crippen molar-refractivity contribution < 1.29 is 23.9 Å². The maximum Gasteiger partial charge on any atom is 0.333 e. The molecule has 0 N–H and O–H groups in total. The number of esters is 1. The number of rotatable bonds is 4. The van der Waals surface area contributed by atoms with Crippen molar-refractivity contribution in [1.29, 1.82) is 0 Å². The Morgan fingerprint density at radius 2 is 1.81 bits per heavy atom. The molecule has 0 atom stereocenters. The van der Waals surface area contributed by atoms with Crippen LogP contribution < -0.4 is 0 Å². The second-order valence-electron chi connectivity index (χ2n) is 3.21. The fraction of sp³-hybridized carbons (Fsp3) is 0.500. The van der Waals surface area contributed by atoms with E-state index < -0.39 is 5.97 Å². The van der Waals surface area contributed by atoms with E-state index in [1.807, 2.05) is 0 Å². The zero-order valence-electron chi connectivity index (χ0n) is 9.19. The van der Waals surface area contributed by atoms with Crippen molar-refractivity contribution in [3.8, 4) is 0 Å². The third-order valence-electron chi connectivity index (χ3n) is 2.21. The number of nitrogens with zero attached hydrogens (tertiary/aromatic N) is 1. The van der Waals surface area contributed by atoms with Gasteiger partial charge in [-0.2, -0.15) is 0 Å². The Morgan fingerprint density at radius 1 is 1.25 bits per heavy atom. The van der Waals surface area contributed by atoms with Gasteiger partial charge in [-0.1, -0.05) is 0 Å². The number of methoxy groups -OCH3 is 2. The number of imide groups is 1. The highest BCUT2D eigenvalue weighted by molar-refractivity contribution is 6.02. The Hall–Kier alpha value is -1.85. The first-order valence-electron chi connectivity index (χ1n) is 4.74. The average molecular weight is 227 g/mol. The molecule has 0 spiro atoms. The molecule has 0 aromatic carbocycles. The Balaban J connectivity index is 2.70. The predicted molar refractivity (Wildman–Crippen MR) is 53.1 cm³/mol. The number of amides is 2. The Labute approximate surface area is 92.8 Å². The molecule has 0 unspecified atom stereocenters. The fourth-order valence-electron chi connectivity index (χ4n) is 1.31. The lowest BCUT2D eigenvalue weighted by molar-refractivity contribution is -0.139. The minimum atomic E-state index is -0.587. The second-order valence-corrected chi connectivity index (χ2v) is 3.21. The first-order valence-corrected chi connectivity index (χ1v) is 4.74. The van der Waals surface area contributed by atoms with E-state index in [9.17, 15) is 14.4 Å². The van der Waals surface area contributed by atoms with Crippen molar-refractivity contribution in [2.24, 2.45) is 0 Å². The summed E-state index contributed by atoms with van der Waals surface area (Å²) in [5, 5.41) is 0. The van der Waals surface area contributed by atoms with Gasteiger partial charge in [0.15, 0.2) is 0 Å². The summed E-state index contributed by atoms with van der Waals surface area (Å²) in [6.45, 7) is -0.0245.